The van der Waals surface area contributed by atoms with E-state index >= 15 is 0 Å². The zero-order chi connectivity index (χ0) is 16.1. The van der Waals surface area contributed by atoms with Gasteiger partial charge in [0.2, 0.25) is 5.91 Å². The van der Waals surface area contributed by atoms with Gasteiger partial charge < -0.3 is 5.32 Å². The number of carbonyl (C=O) groups is 1. The van der Waals surface area contributed by atoms with Crippen LogP contribution in [0.4, 0.5) is 0 Å². The predicted octanol–water partition coefficient (Wildman–Crippen LogP) is 5.14. The maximum Gasteiger partial charge on any atom is 0.217 e. The summed E-state index contributed by atoms with van der Waals surface area (Å²) < 4.78 is 0. The Morgan fingerprint density at radius 3 is 2.32 bits per heavy atom. The van der Waals surface area contributed by atoms with Crippen LogP contribution in [0.15, 0.2) is 61.2 Å². The minimum Gasteiger partial charge on any atom is -0.349 e. The zero-order valence-electron chi connectivity index (χ0n) is 12.2. The second kappa shape index (κ2) is 7.48. The number of nitrogens with one attached hydrogen (secondary N) is 1. The molecule has 2 nitrogen and oxygen atoms in total. The molecule has 0 aliphatic heterocycles. The molecule has 0 aliphatic rings. The minimum absolute atomic E-state index is 0.0937. The number of hydrogen-bond donors (Lipinski definition) is 1. The molecule has 0 fully saturated rings. The Hall–Kier alpha value is -1.77. The van der Waals surface area contributed by atoms with E-state index in [4.69, 9.17) is 23.2 Å². The molecule has 0 aliphatic carbocycles. The van der Waals surface area contributed by atoms with Crippen LogP contribution in [0.3, 0.4) is 0 Å². The highest BCUT2D eigenvalue weighted by molar-refractivity contribution is 6.30. The first-order valence-corrected chi connectivity index (χ1v) is 7.67. The molecule has 0 spiro atoms. The van der Waals surface area contributed by atoms with E-state index in [9.17, 15) is 4.79 Å². The lowest BCUT2D eigenvalue weighted by Crippen LogP contribution is -2.30. The molecule has 1 unspecified atom stereocenters. The van der Waals surface area contributed by atoms with Gasteiger partial charge >= 0.3 is 0 Å². The second-order valence-electron chi connectivity index (χ2n) is 5.05. The molecular weight excluding hydrogens is 317 g/mol. The van der Waals surface area contributed by atoms with E-state index in [2.05, 4.69) is 11.9 Å². The van der Waals surface area contributed by atoms with Crippen molar-refractivity contribution < 1.29 is 4.79 Å². The minimum atomic E-state index is -0.231. The fraction of sp³-hybridized carbons (Fsp3) is 0.167. The molecule has 2 rings (SSSR count). The molecular formula is C18H17Cl2NO. The number of rotatable bonds is 5. The van der Waals surface area contributed by atoms with E-state index in [0.717, 1.165) is 11.1 Å². The van der Waals surface area contributed by atoms with Crippen molar-refractivity contribution in [2.45, 2.75) is 18.9 Å². The number of hydrogen-bond acceptors (Lipinski definition) is 1. The van der Waals surface area contributed by atoms with Crippen molar-refractivity contribution in [2.24, 2.45) is 0 Å². The highest BCUT2D eigenvalue weighted by Crippen LogP contribution is 2.33. The van der Waals surface area contributed by atoms with Gasteiger partial charge in [-0.1, -0.05) is 53.5 Å². The molecule has 1 amide bonds. The van der Waals surface area contributed by atoms with Crippen LogP contribution in [0.2, 0.25) is 10.0 Å². The Kier molecular flexibility index (Phi) is 5.64. The Balaban J connectivity index is 2.43. The van der Waals surface area contributed by atoms with Gasteiger partial charge in [-0.3, -0.25) is 4.79 Å². The Morgan fingerprint density at radius 1 is 1.09 bits per heavy atom. The number of amides is 1. The average Bonchev–Trinajstić information content (AvgIpc) is 2.47. The molecule has 0 heterocycles. The van der Waals surface area contributed by atoms with Crippen LogP contribution in [-0.4, -0.2) is 5.91 Å². The molecule has 0 bridgehead atoms. The van der Waals surface area contributed by atoms with E-state index in [1.807, 2.05) is 54.6 Å². The van der Waals surface area contributed by atoms with Crippen LogP contribution in [0.25, 0.3) is 0 Å². The van der Waals surface area contributed by atoms with Crippen LogP contribution < -0.4 is 5.32 Å². The van der Waals surface area contributed by atoms with Crippen molar-refractivity contribution in [3.8, 4) is 0 Å². The summed E-state index contributed by atoms with van der Waals surface area (Å²) in [6.45, 7) is 5.42. The molecule has 0 aromatic heterocycles. The summed E-state index contributed by atoms with van der Waals surface area (Å²) >= 11 is 12.0. The van der Waals surface area contributed by atoms with Gasteiger partial charge in [0.05, 0.1) is 6.04 Å². The highest BCUT2D eigenvalue weighted by atomic mass is 35.5. The zero-order valence-corrected chi connectivity index (χ0v) is 13.7. The van der Waals surface area contributed by atoms with Crippen molar-refractivity contribution in [1.82, 2.24) is 5.32 Å². The summed E-state index contributed by atoms with van der Waals surface area (Å²) in [6, 6.07) is 14.8. The van der Waals surface area contributed by atoms with Crippen molar-refractivity contribution in [1.29, 1.82) is 0 Å². The molecule has 4 heteroatoms. The van der Waals surface area contributed by atoms with Gasteiger partial charge in [-0.25, -0.2) is 0 Å². The third-order valence-electron chi connectivity index (χ3n) is 3.43. The average molecular weight is 334 g/mol. The summed E-state index contributed by atoms with van der Waals surface area (Å²) in [7, 11) is 0. The van der Waals surface area contributed by atoms with Crippen molar-refractivity contribution in [3.05, 3.63) is 82.4 Å². The van der Waals surface area contributed by atoms with Gasteiger partial charge in [-0.15, -0.1) is 6.58 Å². The number of benzene rings is 2. The third-order valence-corrected chi connectivity index (χ3v) is 3.92. The Labute approximate surface area is 140 Å². The topological polar surface area (TPSA) is 29.1 Å². The molecule has 2 aromatic rings. The first-order chi connectivity index (χ1) is 10.5. The largest absolute Gasteiger partial charge is 0.349 e. The molecule has 2 atom stereocenters. The smallest absolute Gasteiger partial charge is 0.217 e. The quantitative estimate of drug-likeness (QED) is 0.754. The van der Waals surface area contributed by atoms with E-state index < -0.39 is 0 Å². The van der Waals surface area contributed by atoms with Crippen molar-refractivity contribution >= 4 is 29.1 Å². The van der Waals surface area contributed by atoms with Crippen molar-refractivity contribution in [2.75, 3.05) is 0 Å². The van der Waals surface area contributed by atoms with Crippen molar-refractivity contribution in [3.63, 3.8) is 0 Å². The molecule has 0 saturated heterocycles. The van der Waals surface area contributed by atoms with Crippen LogP contribution in [-0.2, 0) is 4.79 Å². The van der Waals surface area contributed by atoms with Gasteiger partial charge in [0.15, 0.2) is 0 Å². The van der Waals surface area contributed by atoms with Crippen LogP contribution in [0, 0.1) is 0 Å². The molecule has 114 valence electrons. The van der Waals surface area contributed by atoms with Crippen LogP contribution >= 0.6 is 23.2 Å². The monoisotopic (exact) mass is 333 g/mol. The predicted molar refractivity (Wildman–Crippen MR) is 92.4 cm³/mol. The lowest BCUT2D eigenvalue weighted by molar-refractivity contribution is -0.119. The van der Waals surface area contributed by atoms with Gasteiger partial charge in [0, 0.05) is 22.9 Å². The van der Waals surface area contributed by atoms with E-state index in [-0.39, 0.29) is 17.9 Å². The summed E-state index contributed by atoms with van der Waals surface area (Å²) in [6.07, 6.45) is 1.82. The van der Waals surface area contributed by atoms with E-state index in [1.54, 1.807) is 0 Å². The Morgan fingerprint density at radius 2 is 1.77 bits per heavy atom. The number of halogens is 2. The highest BCUT2D eigenvalue weighted by Gasteiger charge is 2.23. The second-order valence-corrected chi connectivity index (χ2v) is 5.92. The summed E-state index contributed by atoms with van der Waals surface area (Å²) in [5.41, 5.74) is 1.96. The van der Waals surface area contributed by atoms with E-state index in [0.29, 0.717) is 10.0 Å². The number of carbonyl (C=O) groups excluding carboxylic acids is 1. The maximum atomic E-state index is 11.6. The molecule has 22 heavy (non-hydrogen) atoms. The molecule has 0 radical (unpaired) electrons. The standard InChI is InChI=1S/C18H17Cl2NO/c1-3-17(14-5-4-6-16(20)11-14)18(21-12(2)22)13-7-9-15(19)10-8-13/h3-11,17-18H,1H2,2H3,(H,21,22)/t17-,18?/m1/s1. The van der Waals surface area contributed by atoms with Gasteiger partial charge in [0.25, 0.3) is 0 Å². The van der Waals surface area contributed by atoms with Gasteiger partial charge in [-0.05, 0) is 35.4 Å². The fourth-order valence-electron chi connectivity index (χ4n) is 2.45. The van der Waals surface area contributed by atoms with Crippen LogP contribution in [0.5, 0.6) is 0 Å². The fourth-order valence-corrected chi connectivity index (χ4v) is 2.77. The first-order valence-electron chi connectivity index (χ1n) is 6.92. The summed E-state index contributed by atoms with van der Waals surface area (Å²) in [5, 5.41) is 4.30. The molecule has 2 aromatic carbocycles. The normalized spacial score (nSPS) is 13.2. The maximum absolute atomic E-state index is 11.6. The lowest BCUT2D eigenvalue weighted by atomic mass is 9.87. The van der Waals surface area contributed by atoms with E-state index in [1.165, 1.54) is 6.92 Å². The summed E-state index contributed by atoms with van der Waals surface area (Å²) in [5.74, 6) is -0.197. The SMILES string of the molecule is C=C[C@H](c1cccc(Cl)c1)C(NC(C)=O)c1ccc(Cl)cc1. The van der Waals surface area contributed by atoms with Crippen LogP contribution in [0.1, 0.15) is 30.0 Å². The lowest BCUT2D eigenvalue weighted by Gasteiger charge is -2.26. The van der Waals surface area contributed by atoms with Gasteiger partial charge in [0.1, 0.15) is 0 Å². The Bertz CT molecular complexity index is 667. The third kappa shape index (κ3) is 4.12. The first kappa shape index (κ1) is 16.6. The molecule has 0 saturated carbocycles. The summed E-state index contributed by atoms with van der Waals surface area (Å²) in [4.78, 5) is 11.6. The molecule has 1 N–H and O–H groups in total. The van der Waals surface area contributed by atoms with Gasteiger partial charge in [-0.2, -0.15) is 0 Å².